The predicted octanol–water partition coefficient (Wildman–Crippen LogP) is 2.21. The molecular weight excluding hydrogens is 256 g/mol. The fourth-order valence-electron chi connectivity index (χ4n) is 1.83. The Morgan fingerprint density at radius 2 is 1.95 bits per heavy atom. The lowest BCUT2D eigenvalue weighted by atomic mass is 10.1. The molecule has 2 rings (SSSR count). The Bertz CT molecular complexity index is 591. The van der Waals surface area contributed by atoms with E-state index in [9.17, 15) is 9.59 Å². The van der Waals surface area contributed by atoms with Crippen LogP contribution in [0.2, 0.25) is 0 Å². The molecule has 5 heteroatoms. The smallest absolute Gasteiger partial charge is 0.253 e. The Morgan fingerprint density at radius 1 is 1.15 bits per heavy atom. The Hall–Kier alpha value is -2.56. The highest BCUT2D eigenvalue weighted by atomic mass is 16.3. The highest BCUT2D eigenvalue weighted by Crippen LogP contribution is 2.15. The van der Waals surface area contributed by atoms with Crippen molar-refractivity contribution in [3.63, 3.8) is 0 Å². The zero-order valence-corrected chi connectivity index (χ0v) is 11.2. The minimum atomic E-state index is -0.230. The van der Waals surface area contributed by atoms with Crippen molar-refractivity contribution in [2.24, 2.45) is 0 Å². The molecular formula is C15H16N2O3. The van der Waals surface area contributed by atoms with Crippen molar-refractivity contribution in [3.8, 4) is 0 Å². The normalized spacial score (nSPS) is 10.1. The number of benzene rings is 1. The minimum absolute atomic E-state index is 0.155. The molecule has 0 unspecified atom stereocenters. The third kappa shape index (κ3) is 3.47. The first-order valence-corrected chi connectivity index (χ1v) is 6.34. The van der Waals surface area contributed by atoms with Crippen molar-refractivity contribution < 1.29 is 14.0 Å². The number of anilines is 1. The average molecular weight is 272 g/mol. The summed E-state index contributed by atoms with van der Waals surface area (Å²) in [5.41, 5.74) is 0.956. The quantitative estimate of drug-likeness (QED) is 0.876. The van der Waals surface area contributed by atoms with Crippen LogP contribution in [-0.4, -0.2) is 18.9 Å². The van der Waals surface area contributed by atoms with Crippen molar-refractivity contribution >= 4 is 17.5 Å². The van der Waals surface area contributed by atoms with E-state index in [1.807, 2.05) is 6.07 Å². The molecule has 0 radical (unpaired) electrons. The number of hydrogen-bond donors (Lipinski definition) is 2. The lowest BCUT2D eigenvalue weighted by Crippen LogP contribution is -2.21. The van der Waals surface area contributed by atoms with Crippen LogP contribution in [0, 0.1) is 0 Å². The monoisotopic (exact) mass is 272 g/mol. The summed E-state index contributed by atoms with van der Waals surface area (Å²) in [7, 11) is 1.55. The second kappa shape index (κ2) is 6.56. The summed E-state index contributed by atoms with van der Waals surface area (Å²) >= 11 is 0. The van der Waals surface area contributed by atoms with E-state index in [4.69, 9.17) is 4.42 Å². The summed E-state index contributed by atoms with van der Waals surface area (Å²) in [6, 6.07) is 10.5. The number of para-hydroxylation sites is 1. The standard InChI is InChI=1S/C15H16N2O3/c1-16-15(19)12-6-2-3-7-13(12)17-14(18)9-8-11-5-4-10-20-11/h2-7,10H,8-9H2,1H3,(H,16,19)(H,17,18). The van der Waals surface area contributed by atoms with Gasteiger partial charge < -0.3 is 15.1 Å². The SMILES string of the molecule is CNC(=O)c1ccccc1NC(=O)CCc1ccco1. The van der Waals surface area contributed by atoms with Gasteiger partial charge in [-0.3, -0.25) is 9.59 Å². The van der Waals surface area contributed by atoms with E-state index in [0.29, 0.717) is 24.1 Å². The molecule has 0 bridgehead atoms. The van der Waals surface area contributed by atoms with Gasteiger partial charge in [0.25, 0.3) is 5.91 Å². The fourth-order valence-corrected chi connectivity index (χ4v) is 1.83. The molecule has 1 aromatic carbocycles. The van der Waals surface area contributed by atoms with Gasteiger partial charge in [0.1, 0.15) is 5.76 Å². The lowest BCUT2D eigenvalue weighted by molar-refractivity contribution is -0.116. The largest absolute Gasteiger partial charge is 0.469 e. The van der Waals surface area contributed by atoms with Gasteiger partial charge in [-0.25, -0.2) is 0 Å². The first-order valence-electron chi connectivity index (χ1n) is 6.34. The summed E-state index contributed by atoms with van der Waals surface area (Å²) in [5.74, 6) is 0.379. The Labute approximate surface area is 117 Å². The van der Waals surface area contributed by atoms with Gasteiger partial charge in [-0.1, -0.05) is 12.1 Å². The highest BCUT2D eigenvalue weighted by molar-refractivity contribution is 6.03. The minimum Gasteiger partial charge on any atom is -0.469 e. The summed E-state index contributed by atoms with van der Waals surface area (Å²) in [5, 5.41) is 5.29. The molecule has 2 N–H and O–H groups in total. The number of hydrogen-bond acceptors (Lipinski definition) is 3. The van der Waals surface area contributed by atoms with E-state index in [1.54, 1.807) is 43.6 Å². The Morgan fingerprint density at radius 3 is 2.65 bits per heavy atom. The maximum atomic E-state index is 11.9. The number of amides is 2. The average Bonchev–Trinajstić information content (AvgIpc) is 2.98. The number of rotatable bonds is 5. The maximum absolute atomic E-state index is 11.9. The van der Waals surface area contributed by atoms with Gasteiger partial charge in [0.2, 0.25) is 5.91 Å². The second-order valence-electron chi connectivity index (χ2n) is 4.25. The van der Waals surface area contributed by atoms with Crippen LogP contribution in [0.15, 0.2) is 47.1 Å². The number of aryl methyl sites for hydroxylation is 1. The number of carbonyl (C=O) groups is 2. The van der Waals surface area contributed by atoms with Gasteiger partial charge >= 0.3 is 0 Å². The summed E-state index contributed by atoms with van der Waals surface area (Å²) in [6.07, 6.45) is 2.41. The van der Waals surface area contributed by atoms with Crippen LogP contribution < -0.4 is 10.6 Å². The second-order valence-corrected chi connectivity index (χ2v) is 4.25. The highest BCUT2D eigenvalue weighted by Gasteiger charge is 2.11. The number of furan rings is 1. The van der Waals surface area contributed by atoms with E-state index in [1.165, 1.54) is 0 Å². The summed E-state index contributed by atoms with van der Waals surface area (Å²) in [4.78, 5) is 23.6. The molecule has 0 saturated carbocycles. The molecule has 1 aromatic heterocycles. The van der Waals surface area contributed by atoms with Gasteiger partial charge in [-0.2, -0.15) is 0 Å². The Kier molecular flexibility index (Phi) is 4.55. The van der Waals surface area contributed by atoms with Crippen LogP contribution in [-0.2, 0) is 11.2 Å². The molecule has 104 valence electrons. The third-order valence-electron chi connectivity index (χ3n) is 2.85. The van der Waals surface area contributed by atoms with Crippen molar-refractivity contribution in [3.05, 3.63) is 54.0 Å². The topological polar surface area (TPSA) is 71.3 Å². The molecule has 2 aromatic rings. The molecule has 0 atom stereocenters. The van der Waals surface area contributed by atoms with E-state index in [-0.39, 0.29) is 11.8 Å². The van der Waals surface area contributed by atoms with Crippen LogP contribution in [0.4, 0.5) is 5.69 Å². The number of nitrogens with one attached hydrogen (secondary N) is 2. The first-order chi connectivity index (χ1) is 9.70. The van der Waals surface area contributed by atoms with Gasteiger partial charge in [0, 0.05) is 19.9 Å². The van der Waals surface area contributed by atoms with E-state index < -0.39 is 0 Å². The third-order valence-corrected chi connectivity index (χ3v) is 2.85. The van der Waals surface area contributed by atoms with Crippen LogP contribution in [0.5, 0.6) is 0 Å². The van der Waals surface area contributed by atoms with E-state index >= 15 is 0 Å². The molecule has 0 aliphatic carbocycles. The predicted molar refractivity (Wildman–Crippen MR) is 75.5 cm³/mol. The van der Waals surface area contributed by atoms with Gasteiger partial charge in [-0.15, -0.1) is 0 Å². The molecule has 0 aliphatic rings. The lowest BCUT2D eigenvalue weighted by Gasteiger charge is -2.09. The van der Waals surface area contributed by atoms with Gasteiger partial charge in [0.05, 0.1) is 17.5 Å². The molecule has 20 heavy (non-hydrogen) atoms. The summed E-state index contributed by atoms with van der Waals surface area (Å²) in [6.45, 7) is 0. The van der Waals surface area contributed by atoms with Crippen molar-refractivity contribution in [2.45, 2.75) is 12.8 Å². The molecule has 0 spiro atoms. The van der Waals surface area contributed by atoms with E-state index in [2.05, 4.69) is 10.6 Å². The van der Waals surface area contributed by atoms with E-state index in [0.717, 1.165) is 5.76 Å². The number of carbonyl (C=O) groups excluding carboxylic acids is 2. The molecule has 0 fully saturated rings. The van der Waals surface area contributed by atoms with Crippen LogP contribution >= 0.6 is 0 Å². The molecule has 2 amide bonds. The Balaban J connectivity index is 1.99. The zero-order chi connectivity index (χ0) is 14.4. The van der Waals surface area contributed by atoms with Crippen molar-refractivity contribution in [2.75, 3.05) is 12.4 Å². The fraction of sp³-hybridized carbons (Fsp3) is 0.200. The van der Waals surface area contributed by atoms with Crippen molar-refractivity contribution in [1.29, 1.82) is 0 Å². The molecule has 0 saturated heterocycles. The van der Waals surface area contributed by atoms with Gasteiger partial charge in [-0.05, 0) is 24.3 Å². The molecule has 1 heterocycles. The first kappa shape index (κ1) is 13.9. The van der Waals surface area contributed by atoms with Crippen LogP contribution in [0.25, 0.3) is 0 Å². The molecule has 0 aliphatic heterocycles. The molecule has 5 nitrogen and oxygen atoms in total. The zero-order valence-electron chi connectivity index (χ0n) is 11.2. The maximum Gasteiger partial charge on any atom is 0.253 e. The summed E-state index contributed by atoms with van der Waals surface area (Å²) < 4.78 is 5.17. The van der Waals surface area contributed by atoms with Crippen LogP contribution in [0.3, 0.4) is 0 Å². The van der Waals surface area contributed by atoms with Gasteiger partial charge in [0.15, 0.2) is 0 Å². The van der Waals surface area contributed by atoms with Crippen molar-refractivity contribution in [1.82, 2.24) is 5.32 Å². The van der Waals surface area contributed by atoms with Crippen LogP contribution in [0.1, 0.15) is 22.5 Å².